The van der Waals surface area contributed by atoms with Crippen molar-refractivity contribution in [2.45, 2.75) is 20.0 Å². The summed E-state index contributed by atoms with van der Waals surface area (Å²) in [5, 5.41) is 2.55. The number of carbonyl (C=O) groups excluding carboxylic acids is 1. The third kappa shape index (κ3) is 6.14. The number of amides is 1. The molecule has 3 rings (SSSR count). The summed E-state index contributed by atoms with van der Waals surface area (Å²) in [6.07, 6.45) is -4.51. The maximum absolute atomic E-state index is 13.2. The lowest BCUT2D eigenvalue weighted by molar-refractivity contribution is -0.138. The number of morpholine rings is 1. The van der Waals surface area contributed by atoms with E-state index in [-0.39, 0.29) is 16.8 Å². The molecule has 1 saturated heterocycles. The largest absolute Gasteiger partial charge is 0.493 e. The van der Waals surface area contributed by atoms with Crippen LogP contribution in [0.2, 0.25) is 0 Å². The highest BCUT2D eigenvalue weighted by molar-refractivity contribution is 6.08. The number of anilines is 1. The van der Waals surface area contributed by atoms with E-state index in [4.69, 9.17) is 14.2 Å². The summed E-state index contributed by atoms with van der Waals surface area (Å²) in [5.74, 6) is 0.00861. The zero-order valence-electron chi connectivity index (χ0n) is 18.1. The van der Waals surface area contributed by atoms with Crippen molar-refractivity contribution in [2.24, 2.45) is 0 Å². The first kappa shape index (κ1) is 23.9. The van der Waals surface area contributed by atoms with Gasteiger partial charge in [0, 0.05) is 25.3 Å². The summed E-state index contributed by atoms with van der Waals surface area (Å²) >= 11 is 0. The predicted octanol–water partition coefficient (Wildman–Crippen LogP) is 4.38. The van der Waals surface area contributed by atoms with Gasteiger partial charge in [-0.2, -0.15) is 13.2 Å². The van der Waals surface area contributed by atoms with Crippen LogP contribution in [0.3, 0.4) is 0 Å². The van der Waals surface area contributed by atoms with E-state index in [2.05, 4.69) is 10.2 Å². The number of hydrogen-bond donors (Lipinski definition) is 1. The fourth-order valence-electron chi connectivity index (χ4n) is 3.44. The number of ether oxygens (including phenoxy) is 3. The molecular formula is C23H27F3N2O4. The first-order valence-electron chi connectivity index (χ1n) is 10.5. The molecular weight excluding hydrogens is 425 g/mol. The maximum atomic E-state index is 13.2. The summed E-state index contributed by atoms with van der Waals surface area (Å²) in [6.45, 7) is 7.45. The Morgan fingerprint density at radius 2 is 1.81 bits per heavy atom. The molecule has 32 heavy (non-hydrogen) atoms. The molecule has 0 aromatic heterocycles. The number of halogens is 3. The van der Waals surface area contributed by atoms with E-state index in [9.17, 15) is 18.0 Å². The number of benzene rings is 2. The Morgan fingerprint density at radius 1 is 1.12 bits per heavy atom. The Hall–Kier alpha value is -2.78. The minimum absolute atomic E-state index is 0.0403. The highest BCUT2D eigenvalue weighted by atomic mass is 19.4. The molecule has 1 aliphatic heterocycles. The number of carbonyl (C=O) groups is 1. The van der Waals surface area contributed by atoms with Gasteiger partial charge in [-0.1, -0.05) is 12.1 Å². The van der Waals surface area contributed by atoms with Gasteiger partial charge in [0.25, 0.3) is 5.91 Å². The van der Waals surface area contributed by atoms with Crippen molar-refractivity contribution in [2.75, 3.05) is 51.4 Å². The SMILES string of the molecule is CCOc1cccc(OCCN2CCOCC2)c1C(=O)Nc1ccc(C)c(C(F)(F)F)c1. The zero-order valence-corrected chi connectivity index (χ0v) is 18.1. The van der Waals surface area contributed by atoms with Gasteiger partial charge in [0.05, 0.1) is 25.4 Å². The van der Waals surface area contributed by atoms with Gasteiger partial charge in [0.1, 0.15) is 23.7 Å². The summed E-state index contributed by atoms with van der Waals surface area (Å²) in [4.78, 5) is 15.3. The van der Waals surface area contributed by atoms with Crippen molar-refractivity contribution in [1.29, 1.82) is 0 Å². The number of rotatable bonds is 8. The molecule has 1 N–H and O–H groups in total. The van der Waals surface area contributed by atoms with Crippen molar-refractivity contribution < 1.29 is 32.2 Å². The number of nitrogens with zero attached hydrogens (tertiary/aromatic N) is 1. The molecule has 174 valence electrons. The second-order valence-electron chi connectivity index (χ2n) is 7.35. The Bertz CT molecular complexity index is 928. The number of aryl methyl sites for hydroxylation is 1. The van der Waals surface area contributed by atoms with Gasteiger partial charge in [-0.15, -0.1) is 0 Å². The van der Waals surface area contributed by atoms with E-state index in [1.807, 2.05) is 0 Å². The zero-order chi connectivity index (χ0) is 23.1. The van der Waals surface area contributed by atoms with Crippen LogP contribution in [0.15, 0.2) is 36.4 Å². The molecule has 1 fully saturated rings. The van der Waals surface area contributed by atoms with Crippen molar-refractivity contribution >= 4 is 11.6 Å². The monoisotopic (exact) mass is 452 g/mol. The highest BCUT2D eigenvalue weighted by Crippen LogP contribution is 2.34. The summed E-state index contributed by atoms with van der Waals surface area (Å²) in [7, 11) is 0. The topological polar surface area (TPSA) is 60.0 Å². The third-order valence-electron chi connectivity index (χ3n) is 5.08. The lowest BCUT2D eigenvalue weighted by Gasteiger charge is -2.26. The van der Waals surface area contributed by atoms with Gasteiger partial charge in [0.15, 0.2) is 0 Å². The first-order valence-corrected chi connectivity index (χ1v) is 10.5. The molecule has 9 heteroatoms. The van der Waals surface area contributed by atoms with E-state index < -0.39 is 17.6 Å². The Labute approximate surface area is 185 Å². The number of nitrogens with one attached hydrogen (secondary N) is 1. The highest BCUT2D eigenvalue weighted by Gasteiger charge is 2.32. The average Bonchev–Trinajstić information content (AvgIpc) is 2.75. The van der Waals surface area contributed by atoms with Crippen LogP contribution in [0.5, 0.6) is 11.5 Å². The van der Waals surface area contributed by atoms with Crippen LogP contribution in [0.1, 0.15) is 28.4 Å². The van der Waals surface area contributed by atoms with Gasteiger partial charge in [-0.3, -0.25) is 9.69 Å². The predicted molar refractivity (Wildman–Crippen MR) is 114 cm³/mol. The van der Waals surface area contributed by atoms with Crippen LogP contribution in [-0.4, -0.2) is 56.9 Å². The van der Waals surface area contributed by atoms with E-state index in [0.717, 1.165) is 19.2 Å². The van der Waals surface area contributed by atoms with Crippen LogP contribution in [0, 0.1) is 6.92 Å². The summed E-state index contributed by atoms with van der Waals surface area (Å²) in [5.41, 5.74) is -0.531. The molecule has 1 aliphatic rings. The van der Waals surface area contributed by atoms with Gasteiger partial charge >= 0.3 is 6.18 Å². The molecule has 0 atom stereocenters. The second kappa shape index (κ2) is 10.7. The molecule has 1 amide bonds. The lowest BCUT2D eigenvalue weighted by atomic mass is 10.1. The molecule has 2 aromatic rings. The molecule has 1 heterocycles. The molecule has 0 aliphatic carbocycles. The van der Waals surface area contributed by atoms with Crippen LogP contribution >= 0.6 is 0 Å². The van der Waals surface area contributed by atoms with E-state index >= 15 is 0 Å². The molecule has 6 nitrogen and oxygen atoms in total. The first-order chi connectivity index (χ1) is 15.3. The lowest BCUT2D eigenvalue weighted by Crippen LogP contribution is -2.38. The van der Waals surface area contributed by atoms with Gasteiger partial charge in [-0.05, 0) is 43.7 Å². The third-order valence-corrected chi connectivity index (χ3v) is 5.08. The quantitative estimate of drug-likeness (QED) is 0.644. The molecule has 2 aromatic carbocycles. The van der Waals surface area contributed by atoms with Gasteiger partial charge in [0.2, 0.25) is 0 Å². The van der Waals surface area contributed by atoms with Crippen LogP contribution in [0.25, 0.3) is 0 Å². The Kier molecular flexibility index (Phi) is 7.98. The molecule has 0 bridgehead atoms. The molecule has 0 saturated carbocycles. The van der Waals surface area contributed by atoms with Crippen molar-refractivity contribution in [3.63, 3.8) is 0 Å². The molecule has 0 unspecified atom stereocenters. The number of hydrogen-bond acceptors (Lipinski definition) is 5. The fourth-order valence-corrected chi connectivity index (χ4v) is 3.44. The average molecular weight is 452 g/mol. The van der Waals surface area contributed by atoms with Crippen molar-refractivity contribution in [3.05, 3.63) is 53.1 Å². The fraction of sp³-hybridized carbons (Fsp3) is 0.435. The summed E-state index contributed by atoms with van der Waals surface area (Å²) < 4.78 is 56.5. The van der Waals surface area contributed by atoms with Crippen LogP contribution in [-0.2, 0) is 10.9 Å². The van der Waals surface area contributed by atoms with Gasteiger partial charge in [-0.25, -0.2) is 0 Å². The van der Waals surface area contributed by atoms with Gasteiger partial charge < -0.3 is 19.5 Å². The standard InChI is InChI=1S/C23H27F3N2O4/c1-3-31-19-5-4-6-20(32-14-11-28-9-12-30-13-10-28)21(19)22(29)27-17-8-7-16(2)18(15-17)23(24,25)26/h4-8,15H,3,9-14H2,1-2H3,(H,27,29). The van der Waals surface area contributed by atoms with Crippen LogP contribution < -0.4 is 14.8 Å². The smallest absolute Gasteiger partial charge is 0.416 e. The molecule has 0 spiro atoms. The second-order valence-corrected chi connectivity index (χ2v) is 7.35. The molecule has 0 radical (unpaired) electrons. The van der Waals surface area contributed by atoms with E-state index in [0.29, 0.717) is 44.5 Å². The Balaban J connectivity index is 1.79. The minimum Gasteiger partial charge on any atom is -0.493 e. The van der Waals surface area contributed by atoms with E-state index in [1.54, 1.807) is 25.1 Å². The normalized spacial score (nSPS) is 14.8. The minimum atomic E-state index is -4.51. The maximum Gasteiger partial charge on any atom is 0.416 e. The van der Waals surface area contributed by atoms with E-state index in [1.165, 1.54) is 19.1 Å². The summed E-state index contributed by atoms with van der Waals surface area (Å²) in [6, 6.07) is 8.67. The van der Waals surface area contributed by atoms with Crippen molar-refractivity contribution in [3.8, 4) is 11.5 Å². The van der Waals surface area contributed by atoms with Crippen molar-refractivity contribution in [1.82, 2.24) is 4.90 Å². The van der Waals surface area contributed by atoms with Crippen LogP contribution in [0.4, 0.5) is 18.9 Å². The Morgan fingerprint density at radius 3 is 2.47 bits per heavy atom. The number of alkyl halides is 3.